The lowest BCUT2D eigenvalue weighted by atomic mass is 10.0. The molecule has 242 valence electrons. The minimum Gasteiger partial charge on any atom is -0.385 e. The third-order valence-electron chi connectivity index (χ3n) is 8.95. The second-order valence-electron chi connectivity index (χ2n) is 13.0. The molecule has 0 aliphatic carbocycles. The van der Waals surface area contributed by atoms with E-state index in [-0.39, 0.29) is 0 Å². The quantitative estimate of drug-likeness (QED) is 0.0696. The average molecular weight is 567 g/mol. The molecule has 0 fully saturated rings. The van der Waals surface area contributed by atoms with Crippen molar-refractivity contribution in [2.45, 2.75) is 218 Å². The van der Waals surface area contributed by atoms with Crippen molar-refractivity contribution in [1.82, 2.24) is 0 Å². The zero-order valence-electron chi connectivity index (χ0n) is 28.3. The minimum atomic E-state index is 0.943. The molecule has 0 aromatic carbocycles. The van der Waals surface area contributed by atoms with Gasteiger partial charge in [0, 0.05) is 27.4 Å². The molecule has 40 heavy (non-hydrogen) atoms. The normalized spacial score (nSPS) is 11.6. The SMILES string of the molecule is COCCCCCCCCCCCCCCCCCCCCCCCCCCCCCCCCCCCCOC. The predicted molar refractivity (Wildman–Crippen MR) is 181 cm³/mol. The zero-order valence-corrected chi connectivity index (χ0v) is 28.3. The van der Waals surface area contributed by atoms with Crippen LogP contribution >= 0.6 is 0 Å². The van der Waals surface area contributed by atoms with Gasteiger partial charge in [-0.2, -0.15) is 0 Å². The molecule has 0 saturated carbocycles. The zero-order chi connectivity index (χ0) is 28.9. The monoisotopic (exact) mass is 567 g/mol. The van der Waals surface area contributed by atoms with Crippen molar-refractivity contribution in [3.05, 3.63) is 0 Å². The summed E-state index contributed by atoms with van der Waals surface area (Å²) in [5.41, 5.74) is 0. The summed E-state index contributed by atoms with van der Waals surface area (Å²) in [6.07, 6.45) is 49.3. The molecular formula is C38H78O2. The topological polar surface area (TPSA) is 18.5 Å². The Balaban J connectivity index is 3.01. The molecule has 0 unspecified atom stereocenters. The Bertz CT molecular complexity index is 372. The van der Waals surface area contributed by atoms with Crippen molar-refractivity contribution in [1.29, 1.82) is 0 Å². The second-order valence-corrected chi connectivity index (χ2v) is 13.0. The highest BCUT2D eigenvalue weighted by Gasteiger charge is 1.97. The van der Waals surface area contributed by atoms with Crippen molar-refractivity contribution in [2.75, 3.05) is 27.4 Å². The smallest absolute Gasteiger partial charge is 0.0462 e. The number of methoxy groups -OCH3 is 2. The number of rotatable bonds is 37. The van der Waals surface area contributed by atoms with Crippen LogP contribution in [0.2, 0.25) is 0 Å². The Labute approximate surface area is 254 Å². The lowest BCUT2D eigenvalue weighted by Crippen LogP contribution is -1.88. The molecular weight excluding hydrogens is 488 g/mol. The van der Waals surface area contributed by atoms with Crippen LogP contribution in [-0.2, 0) is 9.47 Å². The third kappa shape index (κ3) is 37.9. The Kier molecular flexibility index (Phi) is 38.8. The van der Waals surface area contributed by atoms with Gasteiger partial charge in [0.05, 0.1) is 0 Å². The summed E-state index contributed by atoms with van der Waals surface area (Å²) >= 11 is 0. The molecule has 2 nitrogen and oxygen atoms in total. The van der Waals surface area contributed by atoms with Crippen molar-refractivity contribution < 1.29 is 9.47 Å². The van der Waals surface area contributed by atoms with Crippen LogP contribution in [0.4, 0.5) is 0 Å². The summed E-state index contributed by atoms with van der Waals surface area (Å²) in [7, 11) is 3.62. The summed E-state index contributed by atoms with van der Waals surface area (Å²) in [6, 6.07) is 0. The average Bonchev–Trinajstić information content (AvgIpc) is 2.97. The van der Waals surface area contributed by atoms with Crippen LogP contribution in [0, 0.1) is 0 Å². The van der Waals surface area contributed by atoms with E-state index in [1.165, 1.54) is 218 Å². The summed E-state index contributed by atoms with van der Waals surface area (Å²) in [5, 5.41) is 0. The first kappa shape index (κ1) is 39.9. The fourth-order valence-electron chi connectivity index (χ4n) is 6.15. The largest absolute Gasteiger partial charge is 0.385 e. The molecule has 0 spiro atoms. The van der Waals surface area contributed by atoms with Crippen LogP contribution in [-0.4, -0.2) is 27.4 Å². The molecule has 0 N–H and O–H groups in total. The van der Waals surface area contributed by atoms with Crippen LogP contribution in [0.5, 0.6) is 0 Å². The van der Waals surface area contributed by atoms with E-state index < -0.39 is 0 Å². The summed E-state index contributed by atoms with van der Waals surface area (Å²) in [4.78, 5) is 0. The van der Waals surface area contributed by atoms with Gasteiger partial charge in [-0.15, -0.1) is 0 Å². The van der Waals surface area contributed by atoms with E-state index in [0.29, 0.717) is 0 Å². The van der Waals surface area contributed by atoms with E-state index in [1.807, 2.05) is 14.2 Å². The maximum absolute atomic E-state index is 5.11. The highest BCUT2D eigenvalue weighted by Crippen LogP contribution is 2.17. The first-order chi connectivity index (χ1) is 19.9. The Morgan fingerprint density at radius 2 is 0.275 bits per heavy atom. The molecule has 0 amide bonds. The molecule has 0 saturated heterocycles. The molecule has 2 heteroatoms. The second kappa shape index (κ2) is 38.9. The number of ether oxygens (including phenoxy) is 2. The van der Waals surface area contributed by atoms with E-state index in [4.69, 9.17) is 9.47 Å². The summed E-state index contributed by atoms with van der Waals surface area (Å²) in [5.74, 6) is 0. The minimum absolute atomic E-state index is 0.943. The first-order valence-electron chi connectivity index (χ1n) is 18.9. The van der Waals surface area contributed by atoms with Crippen LogP contribution in [0.25, 0.3) is 0 Å². The standard InChI is InChI=1S/C38H78O2/c1-39-37-35-33-31-29-27-25-23-21-19-17-15-13-11-9-7-5-3-4-6-8-10-12-14-16-18-20-22-24-26-28-30-32-34-36-38-40-2/h3-38H2,1-2H3. The lowest BCUT2D eigenvalue weighted by Gasteiger charge is -2.05. The third-order valence-corrected chi connectivity index (χ3v) is 8.95. The summed E-state index contributed by atoms with van der Waals surface area (Å²) in [6.45, 7) is 1.89. The highest BCUT2D eigenvalue weighted by atomic mass is 16.5. The Morgan fingerprint density at radius 3 is 0.375 bits per heavy atom. The van der Waals surface area contributed by atoms with Gasteiger partial charge in [0.1, 0.15) is 0 Å². The van der Waals surface area contributed by atoms with Gasteiger partial charge in [-0.05, 0) is 12.8 Å². The van der Waals surface area contributed by atoms with Gasteiger partial charge in [0.15, 0.2) is 0 Å². The number of unbranched alkanes of at least 4 members (excludes halogenated alkanes) is 33. The van der Waals surface area contributed by atoms with Gasteiger partial charge in [0.2, 0.25) is 0 Å². The Hall–Kier alpha value is -0.0800. The fourth-order valence-corrected chi connectivity index (χ4v) is 6.15. The van der Waals surface area contributed by atoms with Crippen molar-refractivity contribution in [2.24, 2.45) is 0 Å². The molecule has 0 heterocycles. The van der Waals surface area contributed by atoms with Crippen molar-refractivity contribution in [3.8, 4) is 0 Å². The van der Waals surface area contributed by atoms with Gasteiger partial charge in [0.25, 0.3) is 0 Å². The molecule has 0 aliphatic heterocycles. The number of hydrogen-bond acceptors (Lipinski definition) is 2. The highest BCUT2D eigenvalue weighted by molar-refractivity contribution is 4.53. The lowest BCUT2D eigenvalue weighted by molar-refractivity contribution is 0.192. The van der Waals surface area contributed by atoms with Gasteiger partial charge in [-0.1, -0.05) is 205 Å². The summed E-state index contributed by atoms with van der Waals surface area (Å²) < 4.78 is 10.2. The van der Waals surface area contributed by atoms with E-state index in [9.17, 15) is 0 Å². The molecule has 0 atom stereocenters. The van der Waals surface area contributed by atoms with Gasteiger partial charge < -0.3 is 9.47 Å². The van der Waals surface area contributed by atoms with E-state index >= 15 is 0 Å². The molecule has 0 bridgehead atoms. The van der Waals surface area contributed by atoms with Crippen molar-refractivity contribution >= 4 is 0 Å². The van der Waals surface area contributed by atoms with Crippen LogP contribution in [0.15, 0.2) is 0 Å². The number of hydrogen-bond donors (Lipinski definition) is 0. The van der Waals surface area contributed by atoms with Crippen LogP contribution in [0.1, 0.15) is 218 Å². The molecule has 0 rings (SSSR count). The molecule has 0 aliphatic rings. The van der Waals surface area contributed by atoms with Gasteiger partial charge in [-0.3, -0.25) is 0 Å². The molecule has 0 aromatic heterocycles. The maximum Gasteiger partial charge on any atom is 0.0462 e. The molecule has 0 radical (unpaired) electrons. The molecule has 0 aromatic rings. The van der Waals surface area contributed by atoms with Gasteiger partial charge >= 0.3 is 0 Å². The van der Waals surface area contributed by atoms with Gasteiger partial charge in [-0.25, -0.2) is 0 Å². The van der Waals surface area contributed by atoms with Crippen molar-refractivity contribution in [3.63, 3.8) is 0 Å². The van der Waals surface area contributed by atoms with Crippen LogP contribution in [0.3, 0.4) is 0 Å². The van der Waals surface area contributed by atoms with E-state index in [1.54, 1.807) is 0 Å². The first-order valence-corrected chi connectivity index (χ1v) is 18.9. The Morgan fingerprint density at radius 1 is 0.175 bits per heavy atom. The van der Waals surface area contributed by atoms with E-state index in [0.717, 1.165) is 13.2 Å². The maximum atomic E-state index is 5.11. The fraction of sp³-hybridized carbons (Fsp3) is 1.00. The predicted octanol–water partition coefficient (Wildman–Crippen LogP) is 13.5. The van der Waals surface area contributed by atoms with E-state index in [2.05, 4.69) is 0 Å². The van der Waals surface area contributed by atoms with Crippen LogP contribution < -0.4 is 0 Å².